The minimum absolute atomic E-state index is 0.0681. The molecule has 0 amide bonds. The molecule has 24 heavy (non-hydrogen) atoms. The molecule has 134 valence electrons. The quantitative estimate of drug-likeness (QED) is 0.381. The van der Waals surface area contributed by atoms with E-state index in [1.807, 2.05) is 32.1 Å². The number of carbonyl (C=O) groups is 1. The highest BCUT2D eigenvalue weighted by Gasteiger charge is 2.18. The Labute approximate surface area is 147 Å². The predicted molar refractivity (Wildman–Crippen MR) is 99.9 cm³/mol. The van der Waals surface area contributed by atoms with Crippen LogP contribution in [0.15, 0.2) is 47.3 Å². The molecule has 0 aromatic rings. The summed E-state index contributed by atoms with van der Waals surface area (Å²) in [6.45, 7) is 9.47. The zero-order chi connectivity index (χ0) is 17.8. The molecule has 1 atom stereocenters. The van der Waals surface area contributed by atoms with Crippen LogP contribution in [0.25, 0.3) is 0 Å². The normalized spacial score (nSPS) is 16.2. The summed E-state index contributed by atoms with van der Waals surface area (Å²) in [6.07, 6.45) is 14.3. The lowest BCUT2D eigenvalue weighted by Gasteiger charge is -2.13. The number of rotatable bonds is 11. The van der Waals surface area contributed by atoms with E-state index >= 15 is 0 Å². The van der Waals surface area contributed by atoms with Crippen LogP contribution < -0.4 is 0 Å². The molecule has 3 nitrogen and oxygen atoms in total. The smallest absolute Gasteiger partial charge is 0.187 e. The van der Waals surface area contributed by atoms with E-state index in [-0.39, 0.29) is 11.9 Å². The highest BCUT2D eigenvalue weighted by molar-refractivity contribution is 5.99. The van der Waals surface area contributed by atoms with Crippen molar-refractivity contribution < 1.29 is 14.3 Å². The number of unbranched alkanes of at least 4 members (excludes halogenated alkanes) is 1. The van der Waals surface area contributed by atoms with Gasteiger partial charge in [0.1, 0.15) is 11.9 Å². The van der Waals surface area contributed by atoms with Gasteiger partial charge >= 0.3 is 0 Å². The van der Waals surface area contributed by atoms with Crippen LogP contribution in [-0.4, -0.2) is 25.1 Å². The molecule has 0 N–H and O–H groups in total. The van der Waals surface area contributed by atoms with Gasteiger partial charge in [-0.2, -0.15) is 0 Å². The van der Waals surface area contributed by atoms with Crippen molar-refractivity contribution >= 4 is 5.78 Å². The molecular weight excluding hydrogens is 300 g/mol. The number of ketones is 1. The van der Waals surface area contributed by atoms with Crippen LogP contribution in [0.4, 0.5) is 0 Å². The van der Waals surface area contributed by atoms with Gasteiger partial charge in [0.15, 0.2) is 5.78 Å². The molecule has 1 unspecified atom stereocenters. The third-order valence-corrected chi connectivity index (χ3v) is 3.80. The highest BCUT2D eigenvalue weighted by Crippen LogP contribution is 2.21. The molecule has 0 aromatic heterocycles. The molecule has 3 heteroatoms. The van der Waals surface area contributed by atoms with Crippen LogP contribution in [0.5, 0.6) is 0 Å². The van der Waals surface area contributed by atoms with Gasteiger partial charge in [-0.15, -0.1) is 0 Å². The number of allylic oxidation sites excluding steroid dienone is 5. The lowest BCUT2D eigenvalue weighted by Crippen LogP contribution is -2.22. The van der Waals surface area contributed by atoms with Crippen LogP contribution in [0, 0.1) is 0 Å². The Morgan fingerprint density at radius 3 is 2.71 bits per heavy atom. The molecule has 1 rings (SSSR count). The zero-order valence-corrected chi connectivity index (χ0v) is 15.6. The Bertz CT molecular complexity index is 509. The summed E-state index contributed by atoms with van der Waals surface area (Å²) in [4.78, 5) is 12.5. The second-order valence-electron chi connectivity index (χ2n) is 5.97. The third kappa shape index (κ3) is 6.88. The number of hydrogen-bond acceptors (Lipinski definition) is 3. The molecule has 1 aliphatic carbocycles. The first-order valence-electron chi connectivity index (χ1n) is 9.20. The van der Waals surface area contributed by atoms with Crippen LogP contribution in [0.1, 0.15) is 59.8 Å². The minimum atomic E-state index is -0.383. The van der Waals surface area contributed by atoms with E-state index in [1.54, 1.807) is 0 Å². The van der Waals surface area contributed by atoms with Crippen LogP contribution in [0.2, 0.25) is 0 Å². The molecule has 0 heterocycles. The second-order valence-corrected chi connectivity index (χ2v) is 5.97. The van der Waals surface area contributed by atoms with E-state index in [0.717, 1.165) is 49.2 Å². The number of carbonyl (C=O) groups excluding carboxylic acids is 1. The predicted octanol–water partition coefficient (Wildman–Crippen LogP) is 5.29. The standard InChI is InChI=1S/C21H32O3/c1-5-8-16-24-20(10-6-2)18-11-9-12-19(14-13-18)21(22)17(4)23-15-7-3/h9-13,17H,5-8,14-16H2,1-4H3/b20-10+. The van der Waals surface area contributed by atoms with Gasteiger partial charge in [0, 0.05) is 17.8 Å². The number of ether oxygens (including phenoxy) is 2. The fourth-order valence-corrected chi connectivity index (χ4v) is 2.39. The molecular formula is C21H32O3. The van der Waals surface area contributed by atoms with Crippen LogP contribution in [0.3, 0.4) is 0 Å². The van der Waals surface area contributed by atoms with Crippen molar-refractivity contribution in [3.63, 3.8) is 0 Å². The monoisotopic (exact) mass is 332 g/mol. The van der Waals surface area contributed by atoms with Gasteiger partial charge in [0.2, 0.25) is 0 Å². The molecule has 0 saturated carbocycles. The summed E-state index contributed by atoms with van der Waals surface area (Å²) < 4.78 is 11.5. The molecule has 0 fully saturated rings. The second kappa shape index (κ2) is 11.9. The van der Waals surface area contributed by atoms with Gasteiger partial charge in [-0.1, -0.05) is 51.5 Å². The Balaban J connectivity index is 2.75. The van der Waals surface area contributed by atoms with Crippen molar-refractivity contribution in [1.82, 2.24) is 0 Å². The number of Topliss-reactive ketones (excluding diaryl/α,β-unsaturated/α-hetero) is 1. The van der Waals surface area contributed by atoms with Gasteiger partial charge in [0.05, 0.1) is 6.61 Å². The molecule has 0 aromatic carbocycles. The summed E-state index contributed by atoms with van der Waals surface area (Å²) >= 11 is 0. The first-order chi connectivity index (χ1) is 11.6. The molecule has 0 saturated heterocycles. The molecule has 0 bridgehead atoms. The Morgan fingerprint density at radius 1 is 1.25 bits per heavy atom. The average molecular weight is 332 g/mol. The summed E-state index contributed by atoms with van der Waals surface area (Å²) in [5.74, 6) is 0.984. The van der Waals surface area contributed by atoms with Crippen molar-refractivity contribution in [2.24, 2.45) is 0 Å². The Hall–Kier alpha value is -1.61. The van der Waals surface area contributed by atoms with Crippen molar-refractivity contribution in [1.29, 1.82) is 0 Å². The van der Waals surface area contributed by atoms with Gasteiger partial charge in [-0.3, -0.25) is 4.79 Å². The van der Waals surface area contributed by atoms with Gasteiger partial charge < -0.3 is 9.47 Å². The Kier molecular flexibility index (Phi) is 10.1. The number of hydrogen-bond donors (Lipinski definition) is 0. The van der Waals surface area contributed by atoms with E-state index in [4.69, 9.17) is 9.47 Å². The first-order valence-corrected chi connectivity index (χ1v) is 9.20. The third-order valence-electron chi connectivity index (χ3n) is 3.80. The molecule has 0 radical (unpaired) electrons. The Morgan fingerprint density at radius 2 is 2.04 bits per heavy atom. The average Bonchev–Trinajstić information content (AvgIpc) is 2.84. The van der Waals surface area contributed by atoms with Crippen LogP contribution in [-0.2, 0) is 14.3 Å². The van der Waals surface area contributed by atoms with E-state index in [0.29, 0.717) is 13.0 Å². The lowest BCUT2D eigenvalue weighted by atomic mass is 10.0. The maximum atomic E-state index is 12.5. The van der Waals surface area contributed by atoms with Gasteiger partial charge in [-0.25, -0.2) is 0 Å². The maximum Gasteiger partial charge on any atom is 0.187 e. The summed E-state index contributed by atoms with van der Waals surface area (Å²) in [5, 5.41) is 0. The fourth-order valence-electron chi connectivity index (χ4n) is 2.39. The highest BCUT2D eigenvalue weighted by atomic mass is 16.5. The van der Waals surface area contributed by atoms with Gasteiger partial charge in [0.25, 0.3) is 0 Å². The maximum absolute atomic E-state index is 12.5. The summed E-state index contributed by atoms with van der Waals surface area (Å²) in [5.41, 5.74) is 1.84. The zero-order valence-electron chi connectivity index (χ0n) is 15.6. The minimum Gasteiger partial charge on any atom is -0.493 e. The SMILES string of the molecule is CC/C=C(/OCCCC)C1=CCC(C(=O)C(C)OCCC)=CC=C1. The topological polar surface area (TPSA) is 35.5 Å². The van der Waals surface area contributed by atoms with Crippen molar-refractivity contribution in [2.45, 2.75) is 65.9 Å². The fraction of sp³-hybridized carbons (Fsp3) is 0.571. The summed E-state index contributed by atoms with van der Waals surface area (Å²) in [6, 6.07) is 0. The van der Waals surface area contributed by atoms with Crippen molar-refractivity contribution in [3.05, 3.63) is 47.3 Å². The van der Waals surface area contributed by atoms with E-state index < -0.39 is 0 Å². The van der Waals surface area contributed by atoms with Crippen molar-refractivity contribution in [2.75, 3.05) is 13.2 Å². The molecule has 0 aliphatic heterocycles. The largest absolute Gasteiger partial charge is 0.493 e. The molecule has 1 aliphatic rings. The summed E-state index contributed by atoms with van der Waals surface area (Å²) in [7, 11) is 0. The van der Waals surface area contributed by atoms with E-state index in [1.165, 1.54) is 0 Å². The van der Waals surface area contributed by atoms with E-state index in [9.17, 15) is 4.79 Å². The van der Waals surface area contributed by atoms with Crippen LogP contribution >= 0.6 is 0 Å². The lowest BCUT2D eigenvalue weighted by molar-refractivity contribution is -0.125. The van der Waals surface area contributed by atoms with Gasteiger partial charge in [-0.05, 0) is 38.7 Å². The first kappa shape index (κ1) is 20.4. The van der Waals surface area contributed by atoms with E-state index in [2.05, 4.69) is 26.0 Å². The van der Waals surface area contributed by atoms with Crippen molar-refractivity contribution in [3.8, 4) is 0 Å². The molecule has 0 spiro atoms.